The van der Waals surface area contributed by atoms with Crippen molar-refractivity contribution in [2.45, 2.75) is 50.3 Å². The van der Waals surface area contributed by atoms with Crippen molar-refractivity contribution in [3.63, 3.8) is 0 Å². The summed E-state index contributed by atoms with van der Waals surface area (Å²) in [5.41, 5.74) is 0.550. The summed E-state index contributed by atoms with van der Waals surface area (Å²) in [5, 5.41) is 9.60. The van der Waals surface area contributed by atoms with Gasteiger partial charge in [0.1, 0.15) is 0 Å². The minimum atomic E-state index is -6.39. The zero-order valence-corrected chi connectivity index (χ0v) is 11.6. The average Bonchev–Trinajstić information content (AvgIpc) is 2.37. The van der Waals surface area contributed by atoms with E-state index in [-0.39, 0.29) is 5.56 Å². The van der Waals surface area contributed by atoms with Crippen molar-refractivity contribution >= 4 is 0 Å². The summed E-state index contributed by atoms with van der Waals surface area (Å²) in [5.74, 6) is -11.6. The average molecular weight is 332 g/mol. The van der Waals surface area contributed by atoms with Crippen LogP contribution in [0, 0.1) is 0 Å². The minimum Gasteiger partial charge on any atom is -0.388 e. The molecule has 0 spiro atoms. The van der Waals surface area contributed by atoms with Crippen LogP contribution in [0.4, 0.5) is 30.7 Å². The van der Waals surface area contributed by atoms with Crippen LogP contribution >= 0.6 is 0 Å². The van der Waals surface area contributed by atoms with Gasteiger partial charge in [0.2, 0.25) is 0 Å². The van der Waals surface area contributed by atoms with E-state index in [4.69, 9.17) is 0 Å². The molecule has 0 aliphatic heterocycles. The molecule has 1 N–H and O–H groups in total. The van der Waals surface area contributed by atoms with Crippen LogP contribution in [0.5, 0.6) is 0 Å². The number of alkyl halides is 7. The standard InChI is InChI=1S/C14H15F7O/c1-2-4-9-5-3-6-10(7-9)11(22)8-12(15,16)13(17,18)14(19,20)21/h3,5-7,11,22H,2,4,8H2,1H3. The summed E-state index contributed by atoms with van der Waals surface area (Å²) in [6, 6.07) is 5.58. The van der Waals surface area contributed by atoms with Crippen molar-refractivity contribution in [2.75, 3.05) is 0 Å². The molecule has 0 saturated heterocycles. The van der Waals surface area contributed by atoms with Gasteiger partial charge >= 0.3 is 18.0 Å². The van der Waals surface area contributed by atoms with E-state index in [0.717, 1.165) is 6.42 Å². The number of aryl methyl sites for hydroxylation is 1. The first-order valence-electron chi connectivity index (χ1n) is 6.51. The molecule has 0 bridgehead atoms. The lowest BCUT2D eigenvalue weighted by molar-refractivity contribution is -0.358. The molecule has 22 heavy (non-hydrogen) atoms. The zero-order chi connectivity index (χ0) is 17.2. The maximum Gasteiger partial charge on any atom is 0.459 e. The lowest BCUT2D eigenvalue weighted by Crippen LogP contribution is -2.52. The second-order valence-corrected chi connectivity index (χ2v) is 4.99. The molecule has 126 valence electrons. The highest BCUT2D eigenvalue weighted by atomic mass is 19.4. The zero-order valence-electron chi connectivity index (χ0n) is 11.6. The molecule has 1 unspecified atom stereocenters. The monoisotopic (exact) mass is 332 g/mol. The van der Waals surface area contributed by atoms with Gasteiger partial charge in [0.25, 0.3) is 0 Å². The van der Waals surface area contributed by atoms with Gasteiger partial charge in [0, 0.05) is 6.42 Å². The topological polar surface area (TPSA) is 20.2 Å². The molecule has 0 heterocycles. The Kier molecular flexibility index (Phi) is 5.48. The summed E-state index contributed by atoms with van der Waals surface area (Å²) >= 11 is 0. The molecule has 0 aromatic heterocycles. The first kappa shape index (κ1) is 18.7. The molecule has 8 heteroatoms. The van der Waals surface area contributed by atoms with E-state index >= 15 is 0 Å². The highest BCUT2D eigenvalue weighted by Crippen LogP contribution is 2.49. The smallest absolute Gasteiger partial charge is 0.388 e. The molecular formula is C14H15F7O. The van der Waals surface area contributed by atoms with Crippen LogP contribution in [0.3, 0.4) is 0 Å². The van der Waals surface area contributed by atoms with Crippen molar-refractivity contribution in [1.29, 1.82) is 0 Å². The van der Waals surface area contributed by atoms with Crippen LogP contribution in [0.1, 0.15) is 37.0 Å². The summed E-state index contributed by atoms with van der Waals surface area (Å²) in [7, 11) is 0. The van der Waals surface area contributed by atoms with Gasteiger partial charge in [0.05, 0.1) is 6.10 Å². The Bertz CT molecular complexity index is 496. The molecule has 0 radical (unpaired) electrons. The van der Waals surface area contributed by atoms with Crippen LogP contribution in [0.15, 0.2) is 24.3 Å². The van der Waals surface area contributed by atoms with E-state index in [2.05, 4.69) is 0 Å². The Morgan fingerprint density at radius 1 is 1.05 bits per heavy atom. The quantitative estimate of drug-likeness (QED) is 0.735. The summed E-state index contributed by atoms with van der Waals surface area (Å²) in [6.45, 7) is 1.85. The number of hydrogen-bond acceptors (Lipinski definition) is 1. The molecule has 0 amide bonds. The van der Waals surface area contributed by atoms with Gasteiger partial charge in [-0.3, -0.25) is 0 Å². The van der Waals surface area contributed by atoms with E-state index in [1.54, 1.807) is 6.07 Å². The second-order valence-electron chi connectivity index (χ2n) is 4.99. The fourth-order valence-corrected chi connectivity index (χ4v) is 1.94. The lowest BCUT2D eigenvalue weighted by Gasteiger charge is -2.29. The Morgan fingerprint density at radius 2 is 1.64 bits per heavy atom. The maximum absolute atomic E-state index is 13.3. The Labute approximate surface area is 122 Å². The van der Waals surface area contributed by atoms with Gasteiger partial charge in [-0.25, -0.2) is 0 Å². The molecule has 0 saturated carbocycles. The molecule has 0 fully saturated rings. The third kappa shape index (κ3) is 3.91. The van der Waals surface area contributed by atoms with Crippen molar-refractivity contribution in [3.8, 4) is 0 Å². The minimum absolute atomic E-state index is 0.122. The Morgan fingerprint density at radius 3 is 2.14 bits per heavy atom. The predicted octanol–water partition coefficient (Wildman–Crippen LogP) is 4.90. The van der Waals surface area contributed by atoms with E-state index in [0.29, 0.717) is 12.0 Å². The summed E-state index contributed by atoms with van der Waals surface area (Å²) in [4.78, 5) is 0. The van der Waals surface area contributed by atoms with Gasteiger partial charge < -0.3 is 5.11 Å². The normalized spacial score (nSPS) is 15.0. The first-order valence-corrected chi connectivity index (χ1v) is 6.51. The van der Waals surface area contributed by atoms with Crippen molar-refractivity contribution in [3.05, 3.63) is 35.4 Å². The fourth-order valence-electron chi connectivity index (χ4n) is 1.94. The predicted molar refractivity (Wildman–Crippen MR) is 66.0 cm³/mol. The highest BCUT2D eigenvalue weighted by Gasteiger charge is 2.72. The number of benzene rings is 1. The summed E-state index contributed by atoms with van der Waals surface area (Å²) < 4.78 is 88.2. The maximum atomic E-state index is 13.3. The number of hydrogen-bond donors (Lipinski definition) is 1. The fraction of sp³-hybridized carbons (Fsp3) is 0.571. The van der Waals surface area contributed by atoms with Crippen LogP contribution < -0.4 is 0 Å². The number of rotatable bonds is 6. The van der Waals surface area contributed by atoms with Gasteiger partial charge in [-0.1, -0.05) is 37.6 Å². The van der Waals surface area contributed by atoms with E-state index in [1.165, 1.54) is 18.2 Å². The highest BCUT2D eigenvalue weighted by molar-refractivity contribution is 5.25. The van der Waals surface area contributed by atoms with Gasteiger partial charge in [-0.15, -0.1) is 0 Å². The van der Waals surface area contributed by atoms with Crippen LogP contribution in [0.2, 0.25) is 0 Å². The van der Waals surface area contributed by atoms with Crippen LogP contribution in [-0.4, -0.2) is 23.1 Å². The van der Waals surface area contributed by atoms with Crippen molar-refractivity contribution in [1.82, 2.24) is 0 Å². The Hall–Kier alpha value is -1.31. The molecule has 1 aromatic rings. The Balaban J connectivity index is 2.96. The number of halogens is 7. The molecule has 1 atom stereocenters. The number of aliphatic hydroxyl groups is 1. The molecule has 0 aliphatic carbocycles. The van der Waals surface area contributed by atoms with Gasteiger partial charge in [0.15, 0.2) is 0 Å². The molecule has 1 aromatic carbocycles. The molecular weight excluding hydrogens is 317 g/mol. The third-order valence-corrected chi connectivity index (χ3v) is 3.14. The van der Waals surface area contributed by atoms with Crippen LogP contribution in [-0.2, 0) is 6.42 Å². The lowest BCUT2D eigenvalue weighted by atomic mass is 9.96. The van der Waals surface area contributed by atoms with Gasteiger partial charge in [-0.05, 0) is 17.5 Å². The van der Waals surface area contributed by atoms with Crippen LogP contribution in [0.25, 0.3) is 0 Å². The third-order valence-electron chi connectivity index (χ3n) is 3.14. The van der Waals surface area contributed by atoms with E-state index in [1.807, 2.05) is 6.92 Å². The summed E-state index contributed by atoms with van der Waals surface area (Å²) in [6.07, 6.45) is -9.24. The van der Waals surface area contributed by atoms with E-state index < -0.39 is 30.5 Å². The van der Waals surface area contributed by atoms with Gasteiger partial charge in [-0.2, -0.15) is 30.7 Å². The molecule has 0 aliphatic rings. The second kappa shape index (κ2) is 6.44. The largest absolute Gasteiger partial charge is 0.459 e. The molecule has 1 nitrogen and oxygen atoms in total. The van der Waals surface area contributed by atoms with Crippen molar-refractivity contribution < 1.29 is 35.8 Å². The first-order chi connectivity index (χ1) is 9.92. The molecule has 1 rings (SSSR count). The van der Waals surface area contributed by atoms with E-state index in [9.17, 15) is 35.8 Å². The number of aliphatic hydroxyl groups excluding tert-OH is 1. The van der Waals surface area contributed by atoms with Crippen molar-refractivity contribution in [2.24, 2.45) is 0 Å². The SMILES string of the molecule is CCCc1cccc(C(O)CC(F)(F)C(F)(F)C(F)(F)F)c1.